The fourth-order valence-corrected chi connectivity index (χ4v) is 4.11. The maximum absolute atomic E-state index is 12.2. The molecular weight excluding hydrogens is 389 g/mol. The van der Waals surface area contributed by atoms with Crippen molar-refractivity contribution in [1.29, 1.82) is 0 Å². The standard InChI is InChI=1S/C19H15Cl2N3OS/c1-3-9-24(4-2)19(25)22-14-7-5-12(6-8-14)18-23-17-15(21)10-13(20)11-16(17)26-18/h1,5-8,10-11H,4,9H2,2H3,(H,22,25). The Labute approximate surface area is 165 Å². The van der Waals surface area contributed by atoms with Crippen molar-refractivity contribution in [2.24, 2.45) is 0 Å². The summed E-state index contributed by atoms with van der Waals surface area (Å²) in [5, 5.41) is 4.79. The van der Waals surface area contributed by atoms with E-state index >= 15 is 0 Å². The number of nitrogens with zero attached hydrogens (tertiary/aromatic N) is 2. The normalized spacial score (nSPS) is 10.5. The topological polar surface area (TPSA) is 45.2 Å². The Morgan fingerprint density at radius 2 is 2.04 bits per heavy atom. The number of carbonyl (C=O) groups is 1. The molecule has 0 unspecified atom stereocenters. The number of nitrogens with one attached hydrogen (secondary N) is 1. The number of thiazole rings is 1. The highest BCUT2D eigenvalue weighted by atomic mass is 35.5. The van der Waals surface area contributed by atoms with Crippen molar-refractivity contribution in [2.45, 2.75) is 6.92 Å². The molecule has 7 heteroatoms. The number of amides is 2. The number of carbonyl (C=O) groups excluding carboxylic acids is 1. The first-order chi connectivity index (χ1) is 12.5. The second-order valence-corrected chi connectivity index (χ2v) is 7.35. The highest BCUT2D eigenvalue weighted by Gasteiger charge is 2.12. The van der Waals surface area contributed by atoms with Crippen LogP contribution in [-0.2, 0) is 0 Å². The van der Waals surface area contributed by atoms with E-state index in [-0.39, 0.29) is 12.6 Å². The van der Waals surface area contributed by atoms with E-state index in [2.05, 4.69) is 16.2 Å². The predicted octanol–water partition coefficient (Wildman–Crippen LogP) is 5.76. The molecule has 3 rings (SSSR count). The van der Waals surface area contributed by atoms with Gasteiger partial charge in [-0.15, -0.1) is 17.8 Å². The molecule has 26 heavy (non-hydrogen) atoms. The minimum Gasteiger partial charge on any atom is -0.314 e. The summed E-state index contributed by atoms with van der Waals surface area (Å²) in [5.74, 6) is 2.48. The van der Waals surface area contributed by atoms with Crippen LogP contribution in [0.25, 0.3) is 20.8 Å². The van der Waals surface area contributed by atoms with E-state index in [0.29, 0.717) is 22.3 Å². The van der Waals surface area contributed by atoms with Crippen LogP contribution in [0.15, 0.2) is 36.4 Å². The molecule has 1 aromatic heterocycles. The van der Waals surface area contributed by atoms with Crippen LogP contribution in [0.4, 0.5) is 10.5 Å². The van der Waals surface area contributed by atoms with Gasteiger partial charge in [-0.2, -0.15) is 0 Å². The van der Waals surface area contributed by atoms with E-state index < -0.39 is 0 Å². The predicted molar refractivity (Wildman–Crippen MR) is 110 cm³/mol. The Hall–Kier alpha value is -2.26. The maximum atomic E-state index is 12.2. The van der Waals surface area contributed by atoms with E-state index in [1.807, 2.05) is 37.3 Å². The van der Waals surface area contributed by atoms with Gasteiger partial charge in [0.05, 0.1) is 16.3 Å². The maximum Gasteiger partial charge on any atom is 0.322 e. The molecule has 2 aromatic carbocycles. The number of rotatable bonds is 4. The van der Waals surface area contributed by atoms with Gasteiger partial charge in [0.1, 0.15) is 10.5 Å². The number of benzene rings is 2. The Morgan fingerprint density at radius 3 is 2.69 bits per heavy atom. The zero-order chi connectivity index (χ0) is 18.7. The number of fused-ring (bicyclic) bond motifs is 1. The minimum atomic E-state index is -0.223. The van der Waals surface area contributed by atoms with Gasteiger partial charge in [0.2, 0.25) is 0 Å². The SMILES string of the molecule is C#CCN(CC)C(=O)Nc1ccc(-c2nc3c(Cl)cc(Cl)cc3s2)cc1. The summed E-state index contributed by atoms with van der Waals surface area (Å²) in [5.41, 5.74) is 2.37. The van der Waals surface area contributed by atoms with Crippen LogP contribution < -0.4 is 5.32 Å². The molecule has 0 bridgehead atoms. The lowest BCUT2D eigenvalue weighted by molar-refractivity contribution is 0.220. The van der Waals surface area contributed by atoms with Gasteiger partial charge < -0.3 is 10.2 Å². The fourth-order valence-electron chi connectivity index (χ4n) is 2.42. The molecule has 0 saturated carbocycles. The van der Waals surface area contributed by atoms with E-state index in [1.165, 1.54) is 11.3 Å². The molecular formula is C19H15Cl2N3OS. The van der Waals surface area contributed by atoms with Crippen molar-refractivity contribution in [3.05, 3.63) is 46.4 Å². The van der Waals surface area contributed by atoms with E-state index in [9.17, 15) is 4.79 Å². The third kappa shape index (κ3) is 3.94. The first-order valence-corrected chi connectivity index (χ1v) is 9.44. The van der Waals surface area contributed by atoms with Gasteiger partial charge in [-0.05, 0) is 43.3 Å². The third-order valence-corrected chi connectivity index (χ3v) is 5.31. The Kier molecular flexibility index (Phi) is 5.67. The molecule has 1 heterocycles. The summed E-state index contributed by atoms with van der Waals surface area (Å²) in [6, 6.07) is 10.8. The van der Waals surface area contributed by atoms with Crippen molar-refractivity contribution in [3.63, 3.8) is 0 Å². The molecule has 1 N–H and O–H groups in total. The highest BCUT2D eigenvalue weighted by molar-refractivity contribution is 7.21. The number of hydrogen-bond acceptors (Lipinski definition) is 3. The van der Waals surface area contributed by atoms with Gasteiger partial charge in [-0.3, -0.25) is 0 Å². The van der Waals surface area contributed by atoms with Crippen LogP contribution in [0.2, 0.25) is 10.0 Å². The average molecular weight is 404 g/mol. The van der Waals surface area contributed by atoms with Crippen molar-refractivity contribution >= 4 is 56.5 Å². The van der Waals surface area contributed by atoms with E-state index in [0.717, 1.165) is 20.8 Å². The van der Waals surface area contributed by atoms with Gasteiger partial charge in [0.25, 0.3) is 0 Å². The van der Waals surface area contributed by atoms with Crippen molar-refractivity contribution in [1.82, 2.24) is 9.88 Å². The van der Waals surface area contributed by atoms with Crippen LogP contribution in [0, 0.1) is 12.3 Å². The van der Waals surface area contributed by atoms with Gasteiger partial charge in [-0.1, -0.05) is 29.1 Å². The molecule has 0 aliphatic carbocycles. The van der Waals surface area contributed by atoms with E-state index in [4.69, 9.17) is 29.6 Å². The number of anilines is 1. The molecule has 0 fully saturated rings. The molecule has 0 aliphatic rings. The minimum absolute atomic E-state index is 0.223. The summed E-state index contributed by atoms with van der Waals surface area (Å²) in [6.07, 6.45) is 5.28. The largest absolute Gasteiger partial charge is 0.322 e. The monoisotopic (exact) mass is 403 g/mol. The smallest absolute Gasteiger partial charge is 0.314 e. The quantitative estimate of drug-likeness (QED) is 0.562. The van der Waals surface area contributed by atoms with Crippen LogP contribution in [0.1, 0.15) is 6.92 Å². The molecule has 0 radical (unpaired) electrons. The number of hydrogen-bond donors (Lipinski definition) is 1. The summed E-state index contributed by atoms with van der Waals surface area (Å²) in [7, 11) is 0. The lowest BCUT2D eigenvalue weighted by atomic mass is 10.2. The van der Waals surface area contributed by atoms with Crippen LogP contribution >= 0.6 is 34.5 Å². The number of halogens is 2. The third-order valence-electron chi connectivity index (χ3n) is 3.75. The molecule has 3 aromatic rings. The first-order valence-electron chi connectivity index (χ1n) is 7.87. The molecule has 0 spiro atoms. The average Bonchev–Trinajstić information content (AvgIpc) is 3.04. The highest BCUT2D eigenvalue weighted by Crippen LogP contribution is 2.36. The lowest BCUT2D eigenvalue weighted by Gasteiger charge is -2.18. The number of urea groups is 1. The lowest BCUT2D eigenvalue weighted by Crippen LogP contribution is -2.34. The fraction of sp³-hybridized carbons (Fsp3) is 0.158. The van der Waals surface area contributed by atoms with Gasteiger partial charge >= 0.3 is 6.03 Å². The molecule has 0 aliphatic heterocycles. The second-order valence-electron chi connectivity index (χ2n) is 5.48. The van der Waals surface area contributed by atoms with Gasteiger partial charge in [0, 0.05) is 22.8 Å². The van der Waals surface area contributed by atoms with Crippen molar-refractivity contribution in [2.75, 3.05) is 18.4 Å². The van der Waals surface area contributed by atoms with Gasteiger partial charge in [-0.25, -0.2) is 9.78 Å². The summed E-state index contributed by atoms with van der Waals surface area (Å²) in [6.45, 7) is 2.70. The second kappa shape index (κ2) is 7.96. The Balaban J connectivity index is 1.81. The Morgan fingerprint density at radius 1 is 1.31 bits per heavy atom. The first kappa shape index (κ1) is 18.5. The van der Waals surface area contributed by atoms with Crippen molar-refractivity contribution in [3.8, 4) is 22.9 Å². The zero-order valence-electron chi connectivity index (χ0n) is 13.9. The summed E-state index contributed by atoms with van der Waals surface area (Å²) >= 11 is 13.8. The molecule has 0 saturated heterocycles. The zero-order valence-corrected chi connectivity index (χ0v) is 16.3. The number of aromatic nitrogens is 1. The molecule has 4 nitrogen and oxygen atoms in total. The summed E-state index contributed by atoms with van der Waals surface area (Å²) in [4.78, 5) is 18.3. The van der Waals surface area contributed by atoms with E-state index in [1.54, 1.807) is 11.0 Å². The van der Waals surface area contributed by atoms with Gasteiger partial charge in [0.15, 0.2) is 0 Å². The molecule has 0 atom stereocenters. The Bertz CT molecular complexity index is 992. The van der Waals surface area contributed by atoms with Crippen LogP contribution in [-0.4, -0.2) is 29.0 Å². The molecule has 2 amide bonds. The van der Waals surface area contributed by atoms with Crippen molar-refractivity contribution < 1.29 is 4.79 Å². The van der Waals surface area contributed by atoms with Crippen LogP contribution in [0.5, 0.6) is 0 Å². The van der Waals surface area contributed by atoms with Crippen LogP contribution in [0.3, 0.4) is 0 Å². The molecule has 132 valence electrons. The number of terminal acetylenes is 1. The summed E-state index contributed by atoms with van der Waals surface area (Å²) < 4.78 is 0.933.